The Labute approximate surface area is 122 Å². The van der Waals surface area contributed by atoms with Crippen molar-refractivity contribution in [1.29, 1.82) is 0 Å². The molecule has 1 aromatic carbocycles. The van der Waals surface area contributed by atoms with Crippen LogP contribution in [0.5, 0.6) is 0 Å². The second-order valence-electron chi connectivity index (χ2n) is 4.97. The fourth-order valence-electron chi connectivity index (χ4n) is 2.59. The van der Waals surface area contributed by atoms with Crippen LogP contribution in [0.2, 0.25) is 0 Å². The molecule has 1 saturated heterocycles. The summed E-state index contributed by atoms with van der Waals surface area (Å²) in [6, 6.07) is 6.06. The molecular weight excluding hydrogens is 306 g/mol. The Balaban J connectivity index is 2.28. The molecule has 2 rings (SSSR count). The van der Waals surface area contributed by atoms with Crippen molar-refractivity contribution in [3.63, 3.8) is 0 Å². The number of primary amides is 1. The normalized spacial score (nSPS) is 19.8. The summed E-state index contributed by atoms with van der Waals surface area (Å²) in [6.45, 7) is 2.10. The van der Waals surface area contributed by atoms with Crippen LogP contribution in [0.3, 0.4) is 0 Å². The van der Waals surface area contributed by atoms with Gasteiger partial charge in [0.25, 0.3) is 5.91 Å². The average molecular weight is 326 g/mol. The molecule has 0 bridgehead atoms. The van der Waals surface area contributed by atoms with Crippen molar-refractivity contribution >= 4 is 27.5 Å². The number of halogens is 1. The van der Waals surface area contributed by atoms with Crippen LogP contribution < -0.4 is 16.0 Å². The van der Waals surface area contributed by atoms with E-state index in [-0.39, 0.29) is 5.91 Å². The largest absolute Gasteiger partial charge is 0.371 e. The number of nitrogens with one attached hydrogen (secondary N) is 1. The lowest BCUT2D eigenvalue weighted by atomic mass is 10.0. The molecule has 1 heterocycles. The molecule has 0 radical (unpaired) electrons. The molecule has 0 saturated carbocycles. The zero-order chi connectivity index (χ0) is 13.8. The topological polar surface area (TPSA) is 58.4 Å². The zero-order valence-electron chi connectivity index (χ0n) is 11.2. The van der Waals surface area contributed by atoms with Crippen LogP contribution in [0, 0.1) is 0 Å². The van der Waals surface area contributed by atoms with Crippen molar-refractivity contribution in [1.82, 2.24) is 5.32 Å². The third-order valence-corrected chi connectivity index (χ3v) is 4.19. The molecule has 1 aromatic rings. The average Bonchev–Trinajstić information content (AvgIpc) is 2.66. The zero-order valence-corrected chi connectivity index (χ0v) is 12.7. The standard InChI is InChI=1S/C14H20BrN3O/c1-18(11-3-2-7-17-8-6-11)13-9-10(15)4-5-12(13)14(16)19/h4-5,9,11,17H,2-3,6-8H2,1H3,(H2,16,19). The predicted octanol–water partition coefficient (Wildman–Crippen LogP) is 2.13. The van der Waals surface area contributed by atoms with Crippen LogP contribution >= 0.6 is 15.9 Å². The van der Waals surface area contributed by atoms with Crippen LogP contribution in [0.1, 0.15) is 29.6 Å². The highest BCUT2D eigenvalue weighted by Crippen LogP contribution is 2.27. The molecule has 0 aliphatic carbocycles. The van der Waals surface area contributed by atoms with Crippen LogP contribution in [-0.2, 0) is 0 Å². The molecule has 1 amide bonds. The fourth-order valence-corrected chi connectivity index (χ4v) is 2.94. The van der Waals surface area contributed by atoms with Gasteiger partial charge in [0.05, 0.1) is 11.3 Å². The first kappa shape index (κ1) is 14.3. The summed E-state index contributed by atoms with van der Waals surface area (Å²) in [5.41, 5.74) is 6.97. The van der Waals surface area contributed by atoms with E-state index in [4.69, 9.17) is 5.73 Å². The molecule has 1 fully saturated rings. The molecule has 104 valence electrons. The molecule has 1 aliphatic heterocycles. The Morgan fingerprint density at radius 1 is 1.42 bits per heavy atom. The van der Waals surface area contributed by atoms with Gasteiger partial charge in [0, 0.05) is 17.6 Å². The van der Waals surface area contributed by atoms with Crippen molar-refractivity contribution in [2.45, 2.75) is 25.3 Å². The van der Waals surface area contributed by atoms with E-state index < -0.39 is 0 Å². The number of hydrogen-bond acceptors (Lipinski definition) is 3. The number of carbonyl (C=O) groups is 1. The smallest absolute Gasteiger partial charge is 0.250 e. The van der Waals surface area contributed by atoms with Gasteiger partial charge in [-0.15, -0.1) is 0 Å². The molecule has 3 N–H and O–H groups in total. The molecule has 19 heavy (non-hydrogen) atoms. The Morgan fingerprint density at radius 3 is 2.95 bits per heavy atom. The van der Waals surface area contributed by atoms with Gasteiger partial charge in [-0.1, -0.05) is 15.9 Å². The SMILES string of the molecule is CN(c1cc(Br)ccc1C(N)=O)C1CCCNCC1. The van der Waals surface area contributed by atoms with Crippen LogP contribution in [-0.4, -0.2) is 32.1 Å². The maximum atomic E-state index is 11.6. The van der Waals surface area contributed by atoms with Gasteiger partial charge >= 0.3 is 0 Å². The van der Waals surface area contributed by atoms with E-state index in [0.717, 1.165) is 42.5 Å². The number of amides is 1. The first-order chi connectivity index (χ1) is 9.09. The van der Waals surface area contributed by atoms with Gasteiger partial charge in [-0.2, -0.15) is 0 Å². The monoisotopic (exact) mass is 325 g/mol. The molecule has 0 aromatic heterocycles. The summed E-state index contributed by atoms with van der Waals surface area (Å²) in [6.07, 6.45) is 3.38. The third kappa shape index (κ3) is 3.48. The second-order valence-corrected chi connectivity index (χ2v) is 5.89. The van der Waals surface area contributed by atoms with Crippen LogP contribution in [0.25, 0.3) is 0 Å². The van der Waals surface area contributed by atoms with Crippen molar-refractivity contribution in [2.24, 2.45) is 5.73 Å². The highest BCUT2D eigenvalue weighted by molar-refractivity contribution is 9.10. The maximum absolute atomic E-state index is 11.6. The molecule has 1 atom stereocenters. The fraction of sp³-hybridized carbons (Fsp3) is 0.500. The van der Waals surface area contributed by atoms with Gasteiger partial charge in [-0.05, 0) is 50.6 Å². The number of hydrogen-bond donors (Lipinski definition) is 2. The van der Waals surface area contributed by atoms with Crippen molar-refractivity contribution in [2.75, 3.05) is 25.0 Å². The highest BCUT2D eigenvalue weighted by atomic mass is 79.9. The lowest BCUT2D eigenvalue weighted by molar-refractivity contribution is 0.100. The van der Waals surface area contributed by atoms with E-state index in [1.807, 2.05) is 19.2 Å². The Morgan fingerprint density at radius 2 is 2.21 bits per heavy atom. The second kappa shape index (κ2) is 6.39. The Kier molecular flexibility index (Phi) is 4.82. The van der Waals surface area contributed by atoms with Crippen LogP contribution in [0.4, 0.5) is 5.69 Å². The number of nitrogens with zero attached hydrogens (tertiary/aromatic N) is 1. The number of carbonyl (C=O) groups excluding carboxylic acids is 1. The summed E-state index contributed by atoms with van der Waals surface area (Å²) >= 11 is 3.46. The first-order valence-electron chi connectivity index (χ1n) is 6.62. The van der Waals surface area contributed by atoms with Crippen molar-refractivity contribution in [3.05, 3.63) is 28.2 Å². The van der Waals surface area contributed by atoms with Gasteiger partial charge in [0.1, 0.15) is 0 Å². The number of benzene rings is 1. The molecule has 1 aliphatic rings. The maximum Gasteiger partial charge on any atom is 0.250 e. The molecule has 0 spiro atoms. The van der Waals surface area contributed by atoms with E-state index in [1.54, 1.807) is 6.07 Å². The Bertz CT molecular complexity index is 456. The molecule has 5 heteroatoms. The minimum Gasteiger partial charge on any atom is -0.371 e. The van der Waals surface area contributed by atoms with Crippen molar-refractivity contribution < 1.29 is 4.79 Å². The molecule has 4 nitrogen and oxygen atoms in total. The molecule has 1 unspecified atom stereocenters. The summed E-state index contributed by atoms with van der Waals surface area (Å²) in [5, 5.41) is 3.40. The highest BCUT2D eigenvalue weighted by Gasteiger charge is 2.20. The van der Waals surface area contributed by atoms with E-state index in [0.29, 0.717) is 11.6 Å². The van der Waals surface area contributed by atoms with E-state index >= 15 is 0 Å². The summed E-state index contributed by atoms with van der Waals surface area (Å²) in [5.74, 6) is -0.374. The molecular formula is C14H20BrN3O. The lowest BCUT2D eigenvalue weighted by Crippen LogP contribution is -2.34. The lowest BCUT2D eigenvalue weighted by Gasteiger charge is -2.30. The quantitative estimate of drug-likeness (QED) is 0.895. The number of rotatable bonds is 3. The van der Waals surface area contributed by atoms with E-state index in [9.17, 15) is 4.79 Å². The number of anilines is 1. The number of nitrogens with two attached hydrogens (primary N) is 1. The van der Waals surface area contributed by atoms with Gasteiger partial charge in [-0.25, -0.2) is 0 Å². The first-order valence-corrected chi connectivity index (χ1v) is 7.42. The van der Waals surface area contributed by atoms with E-state index in [1.165, 1.54) is 0 Å². The Hall–Kier alpha value is -1.07. The summed E-state index contributed by atoms with van der Waals surface area (Å²) in [4.78, 5) is 13.7. The summed E-state index contributed by atoms with van der Waals surface area (Å²) in [7, 11) is 2.05. The minimum absolute atomic E-state index is 0.374. The third-order valence-electron chi connectivity index (χ3n) is 3.70. The van der Waals surface area contributed by atoms with E-state index in [2.05, 4.69) is 26.1 Å². The minimum atomic E-state index is -0.374. The van der Waals surface area contributed by atoms with Gasteiger partial charge in [0.2, 0.25) is 0 Å². The summed E-state index contributed by atoms with van der Waals surface area (Å²) < 4.78 is 0.964. The van der Waals surface area contributed by atoms with Gasteiger partial charge in [0.15, 0.2) is 0 Å². The predicted molar refractivity (Wildman–Crippen MR) is 81.6 cm³/mol. The van der Waals surface area contributed by atoms with Gasteiger partial charge < -0.3 is 16.0 Å². The van der Waals surface area contributed by atoms with Crippen LogP contribution in [0.15, 0.2) is 22.7 Å². The van der Waals surface area contributed by atoms with Gasteiger partial charge in [-0.3, -0.25) is 4.79 Å². The van der Waals surface area contributed by atoms with Crippen molar-refractivity contribution in [3.8, 4) is 0 Å².